The van der Waals surface area contributed by atoms with Gasteiger partial charge in [0, 0.05) is 11.2 Å². The van der Waals surface area contributed by atoms with Crippen LogP contribution < -0.4 is 10.0 Å². The van der Waals surface area contributed by atoms with E-state index in [4.69, 9.17) is 0 Å². The Morgan fingerprint density at radius 2 is 1.72 bits per heavy atom. The van der Waals surface area contributed by atoms with Gasteiger partial charge in [0.2, 0.25) is 10.0 Å². The number of benzene rings is 1. The van der Waals surface area contributed by atoms with Crippen LogP contribution in [0, 0.1) is 0 Å². The van der Waals surface area contributed by atoms with E-state index in [2.05, 4.69) is 30.8 Å². The van der Waals surface area contributed by atoms with Crippen LogP contribution in [-0.2, 0) is 10.0 Å². The predicted molar refractivity (Wildman–Crippen MR) is 76.2 cm³/mol. The van der Waals surface area contributed by atoms with Gasteiger partial charge in [-0.2, -0.15) is 0 Å². The Balaban J connectivity index is 2.37. The predicted octanol–water partition coefficient (Wildman–Crippen LogP) is 2.21. The third kappa shape index (κ3) is 6.61. The summed E-state index contributed by atoms with van der Waals surface area (Å²) in [5, 5.41) is 3.27. The minimum atomic E-state index is -3.24. The smallest absolute Gasteiger partial charge is 0.232 e. The zero-order valence-corrected chi connectivity index (χ0v) is 12.0. The molecule has 4 nitrogen and oxygen atoms in total. The molecule has 0 aliphatic heterocycles. The van der Waals surface area contributed by atoms with Gasteiger partial charge in [-0.15, -0.1) is 0 Å². The molecule has 0 saturated carbocycles. The van der Waals surface area contributed by atoms with Crippen LogP contribution in [0.3, 0.4) is 0 Å². The molecule has 0 fully saturated rings. The number of hydrogen-bond donors (Lipinski definition) is 2. The largest absolute Gasteiger partial charge is 0.312 e. The van der Waals surface area contributed by atoms with Crippen LogP contribution in [0.1, 0.15) is 27.2 Å². The van der Waals surface area contributed by atoms with Crippen molar-refractivity contribution in [1.29, 1.82) is 0 Å². The molecule has 2 N–H and O–H groups in total. The standard InChI is InChI=1S/C13H22N2O2S/c1-13(2,3)14-10-7-11-18(16,17)15-12-8-5-4-6-9-12/h4-6,8-9,14-15H,7,10-11H2,1-3H3. The number of nitrogens with one attached hydrogen (secondary N) is 2. The summed E-state index contributed by atoms with van der Waals surface area (Å²) in [6.07, 6.45) is 0.597. The van der Waals surface area contributed by atoms with E-state index in [1.165, 1.54) is 0 Å². The van der Waals surface area contributed by atoms with Crippen molar-refractivity contribution in [3.63, 3.8) is 0 Å². The summed E-state index contributed by atoms with van der Waals surface area (Å²) in [7, 11) is -3.24. The Morgan fingerprint density at radius 1 is 1.11 bits per heavy atom. The summed E-state index contributed by atoms with van der Waals surface area (Å²) in [6.45, 7) is 6.87. The van der Waals surface area contributed by atoms with Crippen molar-refractivity contribution >= 4 is 15.7 Å². The lowest BCUT2D eigenvalue weighted by atomic mass is 10.1. The molecule has 0 aromatic heterocycles. The monoisotopic (exact) mass is 270 g/mol. The zero-order chi connectivity index (χ0) is 13.6. The maximum atomic E-state index is 11.8. The topological polar surface area (TPSA) is 58.2 Å². The summed E-state index contributed by atoms with van der Waals surface area (Å²) in [4.78, 5) is 0. The van der Waals surface area contributed by atoms with Crippen molar-refractivity contribution in [3.05, 3.63) is 30.3 Å². The third-order valence-corrected chi connectivity index (χ3v) is 3.67. The van der Waals surface area contributed by atoms with Crippen molar-refractivity contribution < 1.29 is 8.42 Å². The van der Waals surface area contributed by atoms with Crippen LogP contribution >= 0.6 is 0 Å². The van der Waals surface area contributed by atoms with Crippen LogP contribution in [0.25, 0.3) is 0 Å². The van der Waals surface area contributed by atoms with E-state index < -0.39 is 10.0 Å². The van der Waals surface area contributed by atoms with Crippen molar-refractivity contribution in [2.24, 2.45) is 0 Å². The van der Waals surface area contributed by atoms with Gasteiger partial charge in [-0.3, -0.25) is 4.72 Å². The zero-order valence-electron chi connectivity index (χ0n) is 11.2. The molecule has 0 unspecified atom stereocenters. The summed E-state index contributed by atoms with van der Waals surface area (Å²) in [5.41, 5.74) is 0.637. The van der Waals surface area contributed by atoms with E-state index in [0.717, 1.165) is 0 Å². The van der Waals surface area contributed by atoms with Gasteiger partial charge < -0.3 is 5.32 Å². The summed E-state index contributed by atoms with van der Waals surface area (Å²) in [5.74, 6) is 0.130. The van der Waals surface area contributed by atoms with E-state index in [1.807, 2.05) is 6.07 Å². The number of sulfonamides is 1. The highest BCUT2D eigenvalue weighted by Crippen LogP contribution is 2.08. The normalized spacial score (nSPS) is 12.4. The Morgan fingerprint density at radius 3 is 2.28 bits per heavy atom. The summed E-state index contributed by atoms with van der Waals surface area (Å²) in [6, 6.07) is 8.94. The van der Waals surface area contributed by atoms with E-state index in [0.29, 0.717) is 18.7 Å². The number of hydrogen-bond acceptors (Lipinski definition) is 3. The maximum Gasteiger partial charge on any atom is 0.232 e. The molecule has 1 aromatic carbocycles. The first kappa shape index (κ1) is 15.0. The fourth-order valence-corrected chi connectivity index (χ4v) is 2.58. The van der Waals surface area contributed by atoms with Crippen LogP contribution in [0.4, 0.5) is 5.69 Å². The number of para-hydroxylation sites is 1. The fraction of sp³-hybridized carbons (Fsp3) is 0.538. The Labute approximate surface area is 110 Å². The van der Waals surface area contributed by atoms with Crippen LogP contribution in [0.5, 0.6) is 0 Å². The first-order valence-electron chi connectivity index (χ1n) is 6.09. The molecule has 102 valence electrons. The second-order valence-electron chi connectivity index (χ2n) is 5.32. The second kappa shape index (κ2) is 6.20. The van der Waals surface area contributed by atoms with E-state index in [1.54, 1.807) is 24.3 Å². The molecule has 0 spiro atoms. The lowest BCUT2D eigenvalue weighted by molar-refractivity contribution is 0.426. The minimum Gasteiger partial charge on any atom is -0.312 e. The SMILES string of the molecule is CC(C)(C)NCCCS(=O)(=O)Nc1ccccc1. The van der Waals surface area contributed by atoms with Crippen LogP contribution in [0.2, 0.25) is 0 Å². The van der Waals surface area contributed by atoms with Crippen molar-refractivity contribution in [2.45, 2.75) is 32.7 Å². The maximum absolute atomic E-state index is 11.8. The highest BCUT2D eigenvalue weighted by atomic mass is 32.2. The molecule has 1 aromatic rings. The molecule has 0 radical (unpaired) electrons. The Kier molecular flexibility index (Phi) is 5.16. The van der Waals surface area contributed by atoms with Crippen LogP contribution in [-0.4, -0.2) is 26.3 Å². The number of anilines is 1. The molecule has 0 saturated heterocycles. The van der Waals surface area contributed by atoms with Gasteiger partial charge in [-0.05, 0) is 45.9 Å². The highest BCUT2D eigenvalue weighted by Gasteiger charge is 2.12. The molecule has 0 aliphatic rings. The molecule has 0 atom stereocenters. The Hall–Kier alpha value is -1.07. The van der Waals surface area contributed by atoms with Crippen molar-refractivity contribution in [1.82, 2.24) is 5.32 Å². The average Bonchev–Trinajstić information content (AvgIpc) is 2.24. The molecule has 18 heavy (non-hydrogen) atoms. The second-order valence-corrected chi connectivity index (χ2v) is 7.16. The van der Waals surface area contributed by atoms with E-state index in [-0.39, 0.29) is 11.3 Å². The molecule has 5 heteroatoms. The molecule has 0 bridgehead atoms. The first-order chi connectivity index (χ1) is 8.29. The molecule has 1 rings (SSSR count). The molecule has 0 heterocycles. The summed E-state index contributed by atoms with van der Waals surface area (Å²) >= 11 is 0. The number of rotatable bonds is 6. The van der Waals surface area contributed by atoms with Gasteiger partial charge in [0.05, 0.1) is 5.75 Å². The van der Waals surface area contributed by atoms with Gasteiger partial charge in [0.15, 0.2) is 0 Å². The lowest BCUT2D eigenvalue weighted by Gasteiger charge is -2.20. The summed E-state index contributed by atoms with van der Waals surface area (Å²) < 4.78 is 26.1. The lowest BCUT2D eigenvalue weighted by Crippen LogP contribution is -2.37. The van der Waals surface area contributed by atoms with Crippen molar-refractivity contribution in [2.75, 3.05) is 17.0 Å². The van der Waals surface area contributed by atoms with Crippen LogP contribution in [0.15, 0.2) is 30.3 Å². The quantitative estimate of drug-likeness (QED) is 0.779. The molecule has 0 amide bonds. The van der Waals surface area contributed by atoms with E-state index in [9.17, 15) is 8.42 Å². The third-order valence-electron chi connectivity index (χ3n) is 2.29. The Bertz CT molecular complexity index is 450. The molecular weight excluding hydrogens is 248 g/mol. The minimum absolute atomic E-state index is 0.0244. The van der Waals surface area contributed by atoms with Gasteiger partial charge in [0.1, 0.15) is 0 Å². The highest BCUT2D eigenvalue weighted by molar-refractivity contribution is 7.92. The van der Waals surface area contributed by atoms with Gasteiger partial charge in [-0.25, -0.2) is 8.42 Å². The first-order valence-corrected chi connectivity index (χ1v) is 7.74. The van der Waals surface area contributed by atoms with Gasteiger partial charge in [-0.1, -0.05) is 18.2 Å². The van der Waals surface area contributed by atoms with E-state index >= 15 is 0 Å². The fourth-order valence-electron chi connectivity index (χ4n) is 1.46. The van der Waals surface area contributed by atoms with Gasteiger partial charge in [0.25, 0.3) is 0 Å². The average molecular weight is 270 g/mol. The molecular formula is C13H22N2O2S. The molecule has 0 aliphatic carbocycles. The van der Waals surface area contributed by atoms with Crippen molar-refractivity contribution in [3.8, 4) is 0 Å². The van der Waals surface area contributed by atoms with Gasteiger partial charge >= 0.3 is 0 Å².